The zero-order valence-electron chi connectivity index (χ0n) is 11.3. The van der Waals surface area contributed by atoms with Crippen molar-refractivity contribution in [2.24, 2.45) is 5.73 Å². The molecule has 0 atom stereocenters. The molecule has 2 aromatic heterocycles. The van der Waals surface area contributed by atoms with Crippen LogP contribution in [0, 0.1) is 4.77 Å². The molecule has 3 rings (SSSR count). The summed E-state index contributed by atoms with van der Waals surface area (Å²) in [6, 6.07) is 0. The molecule has 2 aromatic rings. The van der Waals surface area contributed by atoms with Crippen molar-refractivity contribution in [3.63, 3.8) is 0 Å². The number of nitrogens with zero attached hydrogens (tertiary/aromatic N) is 1. The summed E-state index contributed by atoms with van der Waals surface area (Å²) < 4.78 is 1.55. The van der Waals surface area contributed by atoms with Crippen LogP contribution in [0.2, 0.25) is 0 Å². The third-order valence-electron chi connectivity index (χ3n) is 3.92. The van der Waals surface area contributed by atoms with E-state index in [0.717, 1.165) is 29.7 Å². The van der Waals surface area contributed by atoms with Crippen LogP contribution in [0.25, 0.3) is 10.2 Å². The van der Waals surface area contributed by atoms with E-state index in [9.17, 15) is 9.59 Å². The fraction of sp³-hybridized carbons (Fsp3) is 0.462. The number of nitrogens with two attached hydrogens (primary N) is 1. The van der Waals surface area contributed by atoms with Crippen LogP contribution >= 0.6 is 23.6 Å². The molecule has 0 unspecified atom stereocenters. The molecule has 0 aromatic carbocycles. The van der Waals surface area contributed by atoms with Crippen LogP contribution in [-0.2, 0) is 23.2 Å². The molecule has 1 aliphatic carbocycles. The number of rotatable bonds is 2. The molecule has 5 nitrogen and oxygen atoms in total. The summed E-state index contributed by atoms with van der Waals surface area (Å²) >= 11 is 6.84. The minimum Gasteiger partial charge on any atom is -0.368 e. The highest BCUT2D eigenvalue weighted by Crippen LogP contribution is 2.34. The van der Waals surface area contributed by atoms with Gasteiger partial charge in [0.25, 0.3) is 5.56 Å². The number of hydrogen-bond donors (Lipinski definition) is 2. The number of hydrogen-bond acceptors (Lipinski definition) is 4. The largest absolute Gasteiger partial charge is 0.368 e. The molecular formula is C13H15N3O2S2. The van der Waals surface area contributed by atoms with Crippen LogP contribution < -0.4 is 11.3 Å². The van der Waals surface area contributed by atoms with E-state index in [1.54, 1.807) is 25.2 Å². The quantitative estimate of drug-likeness (QED) is 0.830. The van der Waals surface area contributed by atoms with Gasteiger partial charge >= 0.3 is 0 Å². The summed E-state index contributed by atoms with van der Waals surface area (Å²) in [5.41, 5.74) is 5.16. The normalized spacial score (nSPS) is 14.7. The first-order valence-electron chi connectivity index (χ1n) is 6.44. The first-order valence-corrected chi connectivity index (χ1v) is 7.66. The van der Waals surface area contributed by atoms with Crippen molar-refractivity contribution in [3.8, 4) is 0 Å². The van der Waals surface area contributed by atoms with E-state index in [1.807, 2.05) is 0 Å². The predicted molar refractivity (Wildman–Crippen MR) is 81.8 cm³/mol. The van der Waals surface area contributed by atoms with Gasteiger partial charge in [0.1, 0.15) is 10.4 Å². The Labute approximate surface area is 124 Å². The van der Waals surface area contributed by atoms with Crippen molar-refractivity contribution in [2.45, 2.75) is 38.6 Å². The Kier molecular flexibility index (Phi) is 2.88. The Morgan fingerprint density at radius 2 is 2.15 bits per heavy atom. The van der Waals surface area contributed by atoms with Gasteiger partial charge in [-0.05, 0) is 50.9 Å². The second kappa shape index (κ2) is 4.26. The van der Waals surface area contributed by atoms with Crippen LogP contribution in [-0.4, -0.2) is 15.5 Å². The van der Waals surface area contributed by atoms with Gasteiger partial charge in [-0.3, -0.25) is 14.2 Å². The summed E-state index contributed by atoms with van der Waals surface area (Å²) in [5.74, 6) is -0.578. The van der Waals surface area contributed by atoms with E-state index in [-0.39, 0.29) is 10.3 Å². The number of carbonyl (C=O) groups excluding carboxylic acids is 1. The second-order valence-electron chi connectivity index (χ2n) is 5.56. The van der Waals surface area contributed by atoms with Crippen LogP contribution in [0.3, 0.4) is 0 Å². The third-order valence-corrected chi connectivity index (χ3v) is 5.42. The van der Waals surface area contributed by atoms with E-state index < -0.39 is 11.4 Å². The first-order chi connectivity index (χ1) is 9.34. The highest BCUT2D eigenvalue weighted by Gasteiger charge is 2.31. The number of carbonyl (C=O) groups is 1. The fourth-order valence-electron chi connectivity index (χ4n) is 2.69. The van der Waals surface area contributed by atoms with E-state index in [0.29, 0.717) is 5.39 Å². The smallest absolute Gasteiger partial charge is 0.264 e. The van der Waals surface area contributed by atoms with Crippen molar-refractivity contribution in [1.82, 2.24) is 9.55 Å². The third kappa shape index (κ3) is 1.69. The average Bonchev–Trinajstić information content (AvgIpc) is 2.87. The maximum Gasteiger partial charge on any atom is 0.264 e. The minimum atomic E-state index is -1.15. The van der Waals surface area contributed by atoms with Gasteiger partial charge in [0.15, 0.2) is 4.77 Å². The standard InChI is InChI=1S/C13H15N3O2S2/c1-13(2,11(14)18)16-10(17)8-6-4-3-5-7(6)20-9(8)15-12(16)19/h3-5H2,1-2H3,(H2,14,18)(H,15,19). The lowest BCUT2D eigenvalue weighted by Gasteiger charge is -2.23. The highest BCUT2D eigenvalue weighted by atomic mass is 32.1. The molecule has 7 heteroatoms. The molecule has 0 saturated heterocycles. The SMILES string of the molecule is CC(C)(C(N)=O)n1c(=S)[nH]c2sc3c(c2c1=O)CCC3. The Balaban J connectivity index is 2.43. The monoisotopic (exact) mass is 309 g/mol. The fourth-order valence-corrected chi connectivity index (χ4v) is 4.45. The Bertz CT molecular complexity index is 842. The van der Waals surface area contributed by atoms with E-state index in [4.69, 9.17) is 18.0 Å². The molecule has 0 radical (unpaired) electrons. The topological polar surface area (TPSA) is 80.9 Å². The molecule has 0 fully saturated rings. The average molecular weight is 309 g/mol. The van der Waals surface area contributed by atoms with Crippen molar-refractivity contribution >= 4 is 39.7 Å². The Morgan fingerprint density at radius 3 is 2.80 bits per heavy atom. The van der Waals surface area contributed by atoms with Gasteiger partial charge in [0.05, 0.1) is 5.39 Å². The van der Waals surface area contributed by atoms with Gasteiger partial charge in [-0.1, -0.05) is 0 Å². The van der Waals surface area contributed by atoms with Crippen LogP contribution in [0.1, 0.15) is 30.7 Å². The summed E-state index contributed by atoms with van der Waals surface area (Å²) in [5, 5.41) is 0.672. The number of fused-ring (bicyclic) bond motifs is 3. The van der Waals surface area contributed by atoms with Gasteiger partial charge in [-0.2, -0.15) is 0 Å². The lowest BCUT2D eigenvalue weighted by atomic mass is 10.0. The van der Waals surface area contributed by atoms with Crippen LogP contribution in [0.4, 0.5) is 0 Å². The second-order valence-corrected chi connectivity index (χ2v) is 7.05. The van der Waals surface area contributed by atoms with Crippen LogP contribution in [0.5, 0.6) is 0 Å². The van der Waals surface area contributed by atoms with Gasteiger partial charge in [0.2, 0.25) is 5.91 Å². The molecule has 2 heterocycles. The number of aromatic amines is 1. The molecule has 0 saturated carbocycles. The number of aryl methyl sites for hydroxylation is 2. The van der Waals surface area contributed by atoms with E-state index in [2.05, 4.69) is 4.98 Å². The number of amides is 1. The van der Waals surface area contributed by atoms with Gasteiger partial charge < -0.3 is 10.7 Å². The van der Waals surface area contributed by atoms with Crippen molar-refractivity contribution < 1.29 is 4.79 Å². The minimum absolute atomic E-state index is 0.216. The summed E-state index contributed by atoms with van der Waals surface area (Å²) in [6.45, 7) is 3.22. The predicted octanol–water partition coefficient (Wildman–Crippen LogP) is 1.83. The molecule has 0 spiro atoms. The molecule has 106 valence electrons. The lowest BCUT2D eigenvalue weighted by Crippen LogP contribution is -2.47. The summed E-state index contributed by atoms with van der Waals surface area (Å²) in [6.07, 6.45) is 2.99. The van der Waals surface area contributed by atoms with Gasteiger partial charge in [-0.25, -0.2) is 0 Å². The molecule has 1 amide bonds. The Hall–Kier alpha value is -1.47. The van der Waals surface area contributed by atoms with Crippen molar-refractivity contribution in [3.05, 3.63) is 25.6 Å². The van der Waals surface area contributed by atoms with E-state index >= 15 is 0 Å². The molecule has 3 N–H and O–H groups in total. The molecule has 0 bridgehead atoms. The summed E-state index contributed by atoms with van der Waals surface area (Å²) in [7, 11) is 0. The number of nitrogens with one attached hydrogen (secondary N) is 1. The highest BCUT2D eigenvalue weighted by molar-refractivity contribution is 7.71. The number of aromatic nitrogens is 2. The zero-order chi connectivity index (χ0) is 14.7. The first kappa shape index (κ1) is 13.5. The van der Waals surface area contributed by atoms with Gasteiger partial charge in [0, 0.05) is 4.88 Å². The lowest BCUT2D eigenvalue weighted by molar-refractivity contribution is -0.125. The molecule has 20 heavy (non-hydrogen) atoms. The zero-order valence-corrected chi connectivity index (χ0v) is 12.9. The van der Waals surface area contributed by atoms with Gasteiger partial charge in [-0.15, -0.1) is 11.3 Å². The molecule has 0 aliphatic heterocycles. The Morgan fingerprint density at radius 1 is 1.45 bits per heavy atom. The van der Waals surface area contributed by atoms with E-state index in [1.165, 1.54) is 9.44 Å². The van der Waals surface area contributed by atoms with Crippen molar-refractivity contribution in [1.29, 1.82) is 0 Å². The number of primary amides is 1. The summed E-state index contributed by atoms with van der Waals surface area (Å²) in [4.78, 5) is 29.6. The maximum atomic E-state index is 12.8. The number of thiophene rings is 1. The maximum absolute atomic E-state index is 12.8. The van der Waals surface area contributed by atoms with Crippen molar-refractivity contribution in [2.75, 3.05) is 0 Å². The van der Waals surface area contributed by atoms with Crippen LogP contribution in [0.15, 0.2) is 4.79 Å². The molecular weight excluding hydrogens is 294 g/mol. The molecule has 1 aliphatic rings. The number of H-pyrrole nitrogens is 1.